The van der Waals surface area contributed by atoms with E-state index < -0.39 is 0 Å². The summed E-state index contributed by atoms with van der Waals surface area (Å²) in [5.74, 6) is 0. The van der Waals surface area contributed by atoms with Gasteiger partial charge in [-0.3, -0.25) is 9.80 Å². The lowest BCUT2D eigenvalue weighted by atomic mass is 10.1. The molecule has 2 rings (SSSR count). The van der Waals surface area contributed by atoms with Crippen molar-refractivity contribution in [2.45, 2.75) is 39.4 Å². The molecule has 1 aliphatic heterocycles. The number of hydrogen-bond donors (Lipinski definition) is 1. The van der Waals surface area contributed by atoms with E-state index in [2.05, 4.69) is 35.6 Å². The number of likely N-dealkylation sites (N-methyl/N-ethyl adjacent to an activating group) is 1. The Morgan fingerprint density at radius 1 is 1.33 bits per heavy atom. The van der Waals surface area contributed by atoms with Crippen molar-refractivity contribution in [3.63, 3.8) is 0 Å². The topological polar surface area (TPSA) is 45.4 Å². The second kappa shape index (κ2) is 6.70. The molecule has 0 spiro atoms. The number of halogens is 1. The SMILES string of the molecule is CCN1CC(C)N(Cc2cnc(N)s2)CC1C.Cl. The number of piperazine rings is 1. The van der Waals surface area contributed by atoms with Gasteiger partial charge >= 0.3 is 0 Å². The zero-order valence-electron chi connectivity index (χ0n) is 11.3. The molecule has 1 aromatic heterocycles. The van der Waals surface area contributed by atoms with E-state index in [1.54, 1.807) is 11.3 Å². The number of nitrogen functional groups attached to an aromatic ring is 1. The van der Waals surface area contributed by atoms with E-state index in [1.165, 1.54) is 4.88 Å². The van der Waals surface area contributed by atoms with E-state index in [0.717, 1.165) is 26.2 Å². The van der Waals surface area contributed by atoms with Crippen LogP contribution < -0.4 is 5.73 Å². The molecule has 0 amide bonds. The summed E-state index contributed by atoms with van der Waals surface area (Å²) in [5.41, 5.74) is 5.67. The van der Waals surface area contributed by atoms with Gasteiger partial charge in [0.2, 0.25) is 0 Å². The number of anilines is 1. The second-order valence-electron chi connectivity index (χ2n) is 4.88. The van der Waals surface area contributed by atoms with E-state index in [4.69, 9.17) is 5.73 Å². The zero-order chi connectivity index (χ0) is 12.4. The maximum absolute atomic E-state index is 5.67. The molecule has 2 N–H and O–H groups in total. The van der Waals surface area contributed by atoms with Gasteiger partial charge in [0, 0.05) is 42.8 Å². The normalized spacial score (nSPS) is 25.9. The van der Waals surface area contributed by atoms with Crippen LogP contribution >= 0.6 is 23.7 Å². The maximum atomic E-state index is 5.67. The molecule has 0 aliphatic carbocycles. The number of aromatic nitrogens is 1. The smallest absolute Gasteiger partial charge is 0.180 e. The molecule has 1 aliphatic rings. The minimum Gasteiger partial charge on any atom is -0.375 e. The monoisotopic (exact) mass is 290 g/mol. The summed E-state index contributed by atoms with van der Waals surface area (Å²) in [6.07, 6.45) is 1.91. The van der Waals surface area contributed by atoms with Crippen molar-refractivity contribution in [2.75, 3.05) is 25.4 Å². The van der Waals surface area contributed by atoms with Gasteiger partial charge in [0.15, 0.2) is 5.13 Å². The largest absolute Gasteiger partial charge is 0.375 e. The number of thiazole rings is 1. The van der Waals surface area contributed by atoms with Gasteiger partial charge in [0.1, 0.15) is 0 Å². The molecular formula is C12H23ClN4S. The second-order valence-corrected chi connectivity index (χ2v) is 6.03. The van der Waals surface area contributed by atoms with Crippen LogP contribution in [0.25, 0.3) is 0 Å². The Morgan fingerprint density at radius 3 is 2.50 bits per heavy atom. The van der Waals surface area contributed by atoms with E-state index >= 15 is 0 Å². The molecule has 1 fully saturated rings. The first-order chi connectivity index (χ1) is 8.10. The van der Waals surface area contributed by atoms with E-state index in [-0.39, 0.29) is 12.4 Å². The minimum atomic E-state index is 0. The third kappa shape index (κ3) is 3.57. The fourth-order valence-electron chi connectivity index (χ4n) is 2.53. The predicted molar refractivity (Wildman–Crippen MR) is 80.4 cm³/mol. The molecule has 18 heavy (non-hydrogen) atoms. The molecule has 0 saturated carbocycles. The Bertz CT molecular complexity index is 371. The molecule has 0 radical (unpaired) electrons. The van der Waals surface area contributed by atoms with Crippen LogP contribution in [0, 0.1) is 0 Å². The molecule has 0 aromatic carbocycles. The van der Waals surface area contributed by atoms with Crippen LogP contribution in [0.3, 0.4) is 0 Å². The first-order valence-corrected chi connectivity index (χ1v) is 7.10. The number of hydrogen-bond acceptors (Lipinski definition) is 5. The van der Waals surface area contributed by atoms with Gasteiger partial charge < -0.3 is 5.73 Å². The van der Waals surface area contributed by atoms with Crippen molar-refractivity contribution in [1.82, 2.24) is 14.8 Å². The Hall–Kier alpha value is -0.360. The van der Waals surface area contributed by atoms with Gasteiger partial charge in [-0.25, -0.2) is 4.98 Å². The van der Waals surface area contributed by atoms with E-state index in [0.29, 0.717) is 17.2 Å². The molecule has 2 atom stereocenters. The molecule has 2 heterocycles. The van der Waals surface area contributed by atoms with Gasteiger partial charge in [-0.15, -0.1) is 23.7 Å². The Morgan fingerprint density at radius 2 is 1.94 bits per heavy atom. The summed E-state index contributed by atoms with van der Waals surface area (Å²) in [6.45, 7) is 11.3. The quantitative estimate of drug-likeness (QED) is 0.926. The van der Waals surface area contributed by atoms with Crippen LogP contribution in [0.1, 0.15) is 25.6 Å². The van der Waals surface area contributed by atoms with Gasteiger partial charge in [0.05, 0.1) is 0 Å². The third-order valence-corrected chi connectivity index (χ3v) is 4.39. The first-order valence-electron chi connectivity index (χ1n) is 6.28. The molecule has 1 saturated heterocycles. The number of nitrogens with two attached hydrogens (primary N) is 1. The highest BCUT2D eigenvalue weighted by Crippen LogP contribution is 2.21. The average Bonchev–Trinajstić information content (AvgIpc) is 2.69. The molecule has 1 aromatic rings. The van der Waals surface area contributed by atoms with Crippen molar-refractivity contribution >= 4 is 28.9 Å². The lowest BCUT2D eigenvalue weighted by molar-refractivity contribution is 0.0418. The molecule has 104 valence electrons. The Kier molecular flexibility index (Phi) is 5.85. The average molecular weight is 291 g/mol. The van der Waals surface area contributed by atoms with Crippen LogP contribution in [0.4, 0.5) is 5.13 Å². The van der Waals surface area contributed by atoms with E-state index in [1.807, 2.05) is 6.20 Å². The molecular weight excluding hydrogens is 268 g/mol. The summed E-state index contributed by atoms with van der Waals surface area (Å²) < 4.78 is 0. The fraction of sp³-hybridized carbons (Fsp3) is 0.750. The summed E-state index contributed by atoms with van der Waals surface area (Å²) in [4.78, 5) is 10.5. The highest BCUT2D eigenvalue weighted by Gasteiger charge is 2.28. The highest BCUT2D eigenvalue weighted by atomic mass is 35.5. The van der Waals surface area contributed by atoms with Crippen LogP contribution in [-0.2, 0) is 6.54 Å². The van der Waals surface area contributed by atoms with E-state index in [9.17, 15) is 0 Å². The fourth-order valence-corrected chi connectivity index (χ4v) is 3.24. The highest BCUT2D eigenvalue weighted by molar-refractivity contribution is 7.15. The lowest BCUT2D eigenvalue weighted by Crippen LogP contribution is -2.55. The van der Waals surface area contributed by atoms with Crippen molar-refractivity contribution in [1.29, 1.82) is 0 Å². The third-order valence-electron chi connectivity index (χ3n) is 3.58. The summed E-state index contributed by atoms with van der Waals surface area (Å²) in [6, 6.07) is 1.25. The van der Waals surface area contributed by atoms with Gasteiger partial charge in [-0.2, -0.15) is 0 Å². The first kappa shape index (κ1) is 15.7. The molecule has 6 heteroatoms. The maximum Gasteiger partial charge on any atom is 0.180 e. The molecule has 4 nitrogen and oxygen atoms in total. The van der Waals surface area contributed by atoms with Crippen LogP contribution in [0.2, 0.25) is 0 Å². The van der Waals surface area contributed by atoms with Crippen molar-refractivity contribution in [2.24, 2.45) is 0 Å². The van der Waals surface area contributed by atoms with Gasteiger partial charge in [0.25, 0.3) is 0 Å². The summed E-state index contributed by atoms with van der Waals surface area (Å²) in [7, 11) is 0. The number of rotatable bonds is 3. The van der Waals surface area contributed by atoms with Crippen LogP contribution in [-0.4, -0.2) is 46.5 Å². The van der Waals surface area contributed by atoms with Crippen molar-refractivity contribution in [3.05, 3.63) is 11.1 Å². The zero-order valence-corrected chi connectivity index (χ0v) is 12.9. The van der Waals surface area contributed by atoms with Gasteiger partial charge in [-0.1, -0.05) is 6.92 Å². The lowest BCUT2D eigenvalue weighted by Gasteiger charge is -2.43. The predicted octanol–water partition coefficient (Wildman–Crippen LogP) is 2.06. The Balaban J connectivity index is 0.00000162. The Labute approximate surface area is 120 Å². The molecule has 0 bridgehead atoms. The minimum absolute atomic E-state index is 0. The van der Waals surface area contributed by atoms with Gasteiger partial charge in [-0.05, 0) is 20.4 Å². The summed E-state index contributed by atoms with van der Waals surface area (Å²) in [5, 5.41) is 0.674. The van der Waals surface area contributed by atoms with Crippen molar-refractivity contribution < 1.29 is 0 Å². The van der Waals surface area contributed by atoms with Crippen LogP contribution in [0.5, 0.6) is 0 Å². The summed E-state index contributed by atoms with van der Waals surface area (Å²) >= 11 is 1.60. The van der Waals surface area contributed by atoms with Crippen LogP contribution in [0.15, 0.2) is 6.20 Å². The molecule has 2 unspecified atom stereocenters. The number of nitrogens with zero attached hydrogens (tertiary/aromatic N) is 3. The van der Waals surface area contributed by atoms with Crippen molar-refractivity contribution in [3.8, 4) is 0 Å². The standard InChI is InChI=1S/C12H22N4S.ClH/c1-4-15-6-10(3)16(7-9(15)2)8-11-5-14-12(13)17-11;/h5,9-10H,4,6-8H2,1-3H3,(H2,13,14);1H.